The van der Waals surface area contributed by atoms with Gasteiger partial charge in [0.2, 0.25) is 5.91 Å². The van der Waals surface area contributed by atoms with E-state index in [1.807, 2.05) is 49.4 Å². The number of carbonyl (C=O) groups excluding carboxylic acids is 1. The second-order valence-electron chi connectivity index (χ2n) is 7.64. The monoisotopic (exact) mass is 479 g/mol. The second-order valence-corrected chi connectivity index (χ2v) is 8.58. The highest BCUT2D eigenvalue weighted by Gasteiger charge is 2.19. The van der Waals surface area contributed by atoms with Gasteiger partial charge in [0.1, 0.15) is 17.3 Å². The molecule has 9 heteroatoms. The van der Waals surface area contributed by atoms with Crippen molar-refractivity contribution in [2.45, 2.75) is 12.1 Å². The van der Waals surface area contributed by atoms with E-state index in [-0.39, 0.29) is 11.7 Å². The lowest BCUT2D eigenvalue weighted by Gasteiger charge is -2.36. The average molecular weight is 480 g/mol. The van der Waals surface area contributed by atoms with Gasteiger partial charge in [-0.3, -0.25) is 4.79 Å². The second kappa shape index (κ2) is 11.6. The number of benzene rings is 2. The molecule has 2 heterocycles. The molecule has 0 spiro atoms. The van der Waals surface area contributed by atoms with Gasteiger partial charge in [0.15, 0.2) is 5.16 Å². The third-order valence-electron chi connectivity index (χ3n) is 5.45. The summed E-state index contributed by atoms with van der Waals surface area (Å²) in [5.74, 6) is 2.50. The Morgan fingerprint density at radius 3 is 2.50 bits per heavy atom. The van der Waals surface area contributed by atoms with E-state index in [0.29, 0.717) is 23.2 Å². The molecular weight excluding hydrogens is 450 g/mol. The van der Waals surface area contributed by atoms with E-state index in [1.165, 1.54) is 17.4 Å². The fourth-order valence-electron chi connectivity index (χ4n) is 3.73. The quantitative estimate of drug-likeness (QED) is 0.365. The van der Waals surface area contributed by atoms with E-state index < -0.39 is 0 Å². The molecule has 0 atom stereocenters. The van der Waals surface area contributed by atoms with Crippen molar-refractivity contribution in [1.29, 1.82) is 0 Å². The first kappa shape index (κ1) is 23.7. The fourth-order valence-corrected chi connectivity index (χ4v) is 4.36. The molecule has 0 aliphatic carbocycles. The molecule has 34 heavy (non-hydrogen) atoms. The summed E-state index contributed by atoms with van der Waals surface area (Å²) in [4.78, 5) is 26.1. The number of piperazine rings is 1. The zero-order valence-corrected chi connectivity index (χ0v) is 20.3. The molecule has 0 saturated carbocycles. The van der Waals surface area contributed by atoms with Gasteiger partial charge < -0.3 is 24.6 Å². The molecule has 1 N–H and O–H groups in total. The number of carbonyl (C=O) groups is 1. The van der Waals surface area contributed by atoms with Gasteiger partial charge in [-0.25, -0.2) is 9.97 Å². The summed E-state index contributed by atoms with van der Waals surface area (Å²) in [5.41, 5.74) is 1.86. The summed E-state index contributed by atoms with van der Waals surface area (Å²) < 4.78 is 10.8. The van der Waals surface area contributed by atoms with Crippen molar-refractivity contribution in [3.05, 3.63) is 60.8 Å². The van der Waals surface area contributed by atoms with E-state index in [4.69, 9.17) is 9.47 Å². The Hall–Kier alpha value is -3.46. The van der Waals surface area contributed by atoms with Gasteiger partial charge in [0.05, 0.1) is 25.2 Å². The number of anilines is 3. The smallest absolute Gasteiger partial charge is 0.234 e. The summed E-state index contributed by atoms with van der Waals surface area (Å²) in [6.45, 7) is 5.99. The lowest BCUT2D eigenvalue weighted by Crippen LogP contribution is -2.46. The van der Waals surface area contributed by atoms with Gasteiger partial charge in [0, 0.05) is 38.1 Å². The Morgan fingerprint density at radius 2 is 1.76 bits per heavy atom. The zero-order valence-electron chi connectivity index (χ0n) is 19.4. The van der Waals surface area contributed by atoms with Crippen LogP contribution in [0.15, 0.2) is 66.0 Å². The number of nitrogens with one attached hydrogen (secondary N) is 1. The van der Waals surface area contributed by atoms with Crippen LogP contribution in [0, 0.1) is 0 Å². The Kier molecular flexibility index (Phi) is 8.08. The highest BCUT2D eigenvalue weighted by Crippen LogP contribution is 2.25. The van der Waals surface area contributed by atoms with Crippen LogP contribution in [0.3, 0.4) is 0 Å². The van der Waals surface area contributed by atoms with Crippen molar-refractivity contribution in [3.63, 3.8) is 0 Å². The van der Waals surface area contributed by atoms with Crippen molar-refractivity contribution in [2.75, 3.05) is 60.8 Å². The number of nitrogens with zero attached hydrogens (tertiary/aromatic N) is 4. The molecule has 0 radical (unpaired) electrons. The van der Waals surface area contributed by atoms with Gasteiger partial charge in [-0.15, -0.1) is 0 Å². The summed E-state index contributed by atoms with van der Waals surface area (Å²) in [6.07, 6.45) is 1.75. The normalized spacial score (nSPS) is 13.5. The van der Waals surface area contributed by atoms with Gasteiger partial charge in [-0.1, -0.05) is 23.9 Å². The number of hydrogen-bond donors (Lipinski definition) is 1. The lowest BCUT2D eigenvalue weighted by atomic mass is 10.2. The summed E-state index contributed by atoms with van der Waals surface area (Å²) in [6, 6.07) is 17.5. The third kappa shape index (κ3) is 6.11. The van der Waals surface area contributed by atoms with Gasteiger partial charge in [0.25, 0.3) is 0 Å². The van der Waals surface area contributed by atoms with Crippen molar-refractivity contribution < 1.29 is 14.3 Å². The molecule has 1 aliphatic heterocycles. The maximum absolute atomic E-state index is 12.5. The molecule has 0 bridgehead atoms. The Morgan fingerprint density at radius 1 is 1.03 bits per heavy atom. The molecule has 2 aromatic carbocycles. The SMILES string of the molecule is CCOc1ccccc1NC(=O)CSc1nccc(N2CCN(c3ccc(OC)cc3)CC2)n1. The van der Waals surface area contributed by atoms with Crippen LogP contribution in [0.5, 0.6) is 11.5 Å². The Labute approximate surface area is 204 Å². The Balaban J connectivity index is 1.30. The number of amides is 1. The highest BCUT2D eigenvalue weighted by atomic mass is 32.2. The van der Waals surface area contributed by atoms with E-state index in [0.717, 1.165) is 37.7 Å². The van der Waals surface area contributed by atoms with E-state index >= 15 is 0 Å². The minimum absolute atomic E-state index is 0.126. The summed E-state index contributed by atoms with van der Waals surface area (Å²) in [7, 11) is 1.68. The number of aromatic nitrogens is 2. The van der Waals surface area contributed by atoms with Gasteiger partial charge >= 0.3 is 0 Å². The van der Waals surface area contributed by atoms with Crippen LogP contribution >= 0.6 is 11.8 Å². The van der Waals surface area contributed by atoms with Crippen LogP contribution in [-0.4, -0.2) is 61.5 Å². The molecule has 1 saturated heterocycles. The number of rotatable bonds is 9. The lowest BCUT2D eigenvalue weighted by molar-refractivity contribution is -0.113. The van der Waals surface area contributed by atoms with Crippen LogP contribution in [-0.2, 0) is 4.79 Å². The molecule has 8 nitrogen and oxygen atoms in total. The average Bonchev–Trinajstić information content (AvgIpc) is 2.89. The highest BCUT2D eigenvalue weighted by molar-refractivity contribution is 7.99. The molecule has 0 unspecified atom stereocenters. The van der Waals surface area contributed by atoms with Gasteiger partial charge in [-0.05, 0) is 49.4 Å². The number of hydrogen-bond acceptors (Lipinski definition) is 8. The molecule has 1 amide bonds. The molecule has 1 aliphatic rings. The van der Waals surface area contributed by atoms with Crippen molar-refractivity contribution in [1.82, 2.24) is 9.97 Å². The summed E-state index contributed by atoms with van der Waals surface area (Å²) >= 11 is 1.32. The first-order valence-corrected chi connectivity index (χ1v) is 12.3. The number of para-hydroxylation sites is 2. The molecule has 1 fully saturated rings. The van der Waals surface area contributed by atoms with Crippen LogP contribution < -0.4 is 24.6 Å². The Bertz CT molecular complexity index is 1090. The maximum Gasteiger partial charge on any atom is 0.234 e. The van der Waals surface area contributed by atoms with Crippen LogP contribution in [0.1, 0.15) is 6.92 Å². The molecule has 1 aromatic heterocycles. The maximum atomic E-state index is 12.5. The van der Waals surface area contributed by atoms with Crippen LogP contribution in [0.2, 0.25) is 0 Å². The van der Waals surface area contributed by atoms with Crippen molar-refractivity contribution >= 4 is 34.9 Å². The predicted molar refractivity (Wildman–Crippen MR) is 136 cm³/mol. The third-order valence-corrected chi connectivity index (χ3v) is 6.31. The minimum Gasteiger partial charge on any atom is -0.497 e. The topological polar surface area (TPSA) is 79.8 Å². The standard InChI is InChI=1S/C25H29N5O3S/c1-3-33-22-7-5-4-6-21(22)27-24(31)18-34-25-26-13-12-23(28-25)30-16-14-29(15-17-30)19-8-10-20(32-2)11-9-19/h4-13H,3,14-18H2,1-2H3,(H,27,31). The molecule has 4 rings (SSSR count). The molecular formula is C25H29N5O3S. The van der Waals surface area contributed by atoms with Crippen molar-refractivity contribution in [3.8, 4) is 11.5 Å². The van der Waals surface area contributed by atoms with E-state index in [2.05, 4.69) is 37.2 Å². The first-order valence-electron chi connectivity index (χ1n) is 11.3. The predicted octanol–water partition coefficient (Wildman–Crippen LogP) is 3.94. The minimum atomic E-state index is -0.126. The van der Waals surface area contributed by atoms with Gasteiger partial charge in [-0.2, -0.15) is 0 Å². The van der Waals surface area contributed by atoms with E-state index in [1.54, 1.807) is 13.3 Å². The zero-order chi connectivity index (χ0) is 23.8. The number of thioether (sulfide) groups is 1. The summed E-state index contributed by atoms with van der Waals surface area (Å²) in [5, 5.41) is 3.49. The van der Waals surface area contributed by atoms with Crippen molar-refractivity contribution in [2.24, 2.45) is 0 Å². The first-order chi connectivity index (χ1) is 16.7. The number of methoxy groups -OCH3 is 1. The van der Waals surface area contributed by atoms with Crippen LogP contribution in [0.25, 0.3) is 0 Å². The van der Waals surface area contributed by atoms with E-state index in [9.17, 15) is 4.79 Å². The van der Waals surface area contributed by atoms with Crippen LogP contribution in [0.4, 0.5) is 17.2 Å². The molecule has 3 aromatic rings. The number of ether oxygens (including phenoxy) is 2. The largest absolute Gasteiger partial charge is 0.497 e. The molecule has 178 valence electrons. The fraction of sp³-hybridized carbons (Fsp3) is 0.320.